The van der Waals surface area contributed by atoms with Gasteiger partial charge in [-0.3, -0.25) is 0 Å². The molecule has 0 radical (unpaired) electrons. The molecule has 4 nitrogen and oxygen atoms in total. The van der Waals surface area contributed by atoms with Crippen LogP contribution in [0.5, 0.6) is 5.75 Å². The molecule has 0 amide bonds. The zero-order chi connectivity index (χ0) is 13.1. The Hall–Kier alpha value is -1.17. The third kappa shape index (κ3) is 2.48. The first-order valence-corrected chi connectivity index (χ1v) is 6.72. The van der Waals surface area contributed by atoms with Crippen LogP contribution in [0.25, 0.3) is 0 Å². The van der Waals surface area contributed by atoms with Crippen LogP contribution in [0.15, 0.2) is 18.2 Å². The van der Waals surface area contributed by atoms with Crippen molar-refractivity contribution in [3.63, 3.8) is 0 Å². The number of halogens is 1. The van der Waals surface area contributed by atoms with Crippen LogP contribution in [-0.2, 0) is 6.42 Å². The van der Waals surface area contributed by atoms with Gasteiger partial charge in [0.2, 0.25) is 0 Å². The zero-order valence-electron chi connectivity index (χ0n) is 10.2. The summed E-state index contributed by atoms with van der Waals surface area (Å²) in [5.74, 6) is 0.625. The third-order valence-corrected chi connectivity index (χ3v) is 3.90. The number of hydrogen-bond donors (Lipinski definition) is 1. The number of ether oxygens (including phenoxy) is 1. The van der Waals surface area contributed by atoms with E-state index >= 15 is 0 Å². The van der Waals surface area contributed by atoms with Gasteiger partial charge in [0.05, 0.1) is 28.7 Å². The highest BCUT2D eigenvalue weighted by atomic mass is 35.5. The molecule has 2 aromatic rings. The molecule has 6 heteroatoms. The summed E-state index contributed by atoms with van der Waals surface area (Å²) in [4.78, 5) is 0.988. The fourth-order valence-corrected chi connectivity index (χ4v) is 2.68. The Bertz CT molecular complexity index is 544. The molecule has 0 aliphatic heterocycles. The summed E-state index contributed by atoms with van der Waals surface area (Å²) in [5, 5.41) is 4.65. The maximum atomic E-state index is 6.24. The summed E-state index contributed by atoms with van der Waals surface area (Å²) in [6, 6.07) is 5.29. The lowest BCUT2D eigenvalue weighted by atomic mass is 10.0. The van der Waals surface area contributed by atoms with Crippen molar-refractivity contribution in [2.24, 2.45) is 5.73 Å². The zero-order valence-corrected chi connectivity index (χ0v) is 11.8. The molecule has 0 aliphatic carbocycles. The minimum Gasteiger partial charge on any atom is -0.495 e. The van der Waals surface area contributed by atoms with Gasteiger partial charge in [-0.15, -0.1) is 5.10 Å². The lowest BCUT2D eigenvalue weighted by molar-refractivity contribution is 0.414. The van der Waals surface area contributed by atoms with Crippen molar-refractivity contribution >= 4 is 23.1 Å². The Morgan fingerprint density at radius 1 is 1.50 bits per heavy atom. The quantitative estimate of drug-likeness (QED) is 0.937. The van der Waals surface area contributed by atoms with E-state index in [2.05, 4.69) is 9.59 Å². The predicted molar refractivity (Wildman–Crippen MR) is 73.3 cm³/mol. The summed E-state index contributed by atoms with van der Waals surface area (Å²) < 4.78 is 9.15. The summed E-state index contributed by atoms with van der Waals surface area (Å²) in [5.41, 5.74) is 8.13. The van der Waals surface area contributed by atoms with Gasteiger partial charge in [0.15, 0.2) is 0 Å². The second-order valence-electron chi connectivity index (χ2n) is 3.81. The van der Waals surface area contributed by atoms with Crippen molar-refractivity contribution < 1.29 is 4.74 Å². The molecule has 0 bridgehead atoms. The number of methoxy groups -OCH3 is 1. The molecule has 1 heterocycles. The van der Waals surface area contributed by atoms with Crippen LogP contribution in [-0.4, -0.2) is 16.7 Å². The fourth-order valence-electron chi connectivity index (χ4n) is 1.72. The molecule has 1 aromatic heterocycles. The summed E-state index contributed by atoms with van der Waals surface area (Å²) in [7, 11) is 1.59. The van der Waals surface area contributed by atoms with Crippen LogP contribution in [0.4, 0.5) is 0 Å². The number of benzene rings is 1. The topological polar surface area (TPSA) is 61.0 Å². The van der Waals surface area contributed by atoms with Crippen LogP contribution in [0, 0.1) is 0 Å². The van der Waals surface area contributed by atoms with Gasteiger partial charge >= 0.3 is 0 Å². The van der Waals surface area contributed by atoms with Crippen molar-refractivity contribution in [1.82, 2.24) is 9.59 Å². The predicted octanol–water partition coefficient (Wildman–Crippen LogP) is 2.81. The van der Waals surface area contributed by atoms with Crippen molar-refractivity contribution in [2.45, 2.75) is 19.4 Å². The summed E-state index contributed by atoms with van der Waals surface area (Å²) in [6.45, 7) is 2.04. The first-order chi connectivity index (χ1) is 8.67. The summed E-state index contributed by atoms with van der Waals surface area (Å²) in [6.07, 6.45) is 0.824. The van der Waals surface area contributed by atoms with E-state index in [1.165, 1.54) is 11.5 Å². The highest BCUT2D eigenvalue weighted by Crippen LogP contribution is 2.31. The van der Waals surface area contributed by atoms with Gasteiger partial charge in [0, 0.05) is 0 Å². The number of nitrogens with two attached hydrogens (primary N) is 1. The first-order valence-electron chi connectivity index (χ1n) is 5.57. The number of nitrogens with zero attached hydrogens (tertiary/aromatic N) is 2. The van der Waals surface area contributed by atoms with Gasteiger partial charge in [-0.25, -0.2) is 0 Å². The second-order valence-corrected chi connectivity index (χ2v) is 5.00. The van der Waals surface area contributed by atoms with Gasteiger partial charge in [-0.05, 0) is 35.6 Å². The molecule has 1 aromatic carbocycles. The van der Waals surface area contributed by atoms with E-state index in [9.17, 15) is 0 Å². The molecule has 0 saturated carbocycles. The van der Waals surface area contributed by atoms with Crippen LogP contribution >= 0.6 is 23.1 Å². The second kappa shape index (κ2) is 5.65. The fraction of sp³-hybridized carbons (Fsp3) is 0.333. The van der Waals surface area contributed by atoms with Crippen molar-refractivity contribution in [1.29, 1.82) is 0 Å². The van der Waals surface area contributed by atoms with Crippen LogP contribution in [0.3, 0.4) is 0 Å². The van der Waals surface area contributed by atoms with E-state index in [1.807, 2.05) is 19.1 Å². The lowest BCUT2D eigenvalue weighted by Gasteiger charge is -2.12. The number of rotatable bonds is 4. The Kier molecular flexibility index (Phi) is 4.16. The van der Waals surface area contributed by atoms with Crippen LogP contribution < -0.4 is 10.5 Å². The van der Waals surface area contributed by atoms with E-state index in [-0.39, 0.29) is 6.04 Å². The Balaban J connectivity index is 2.37. The molecule has 1 atom stereocenters. The molecule has 18 heavy (non-hydrogen) atoms. The van der Waals surface area contributed by atoms with Crippen LogP contribution in [0.2, 0.25) is 5.02 Å². The van der Waals surface area contributed by atoms with E-state index < -0.39 is 0 Å². The Morgan fingerprint density at radius 2 is 2.28 bits per heavy atom. The monoisotopic (exact) mass is 283 g/mol. The molecular weight excluding hydrogens is 270 g/mol. The van der Waals surface area contributed by atoms with Gasteiger partial charge in [-0.2, -0.15) is 0 Å². The molecule has 1 unspecified atom stereocenters. The molecule has 0 fully saturated rings. The smallest absolute Gasteiger partial charge is 0.137 e. The maximum absolute atomic E-state index is 6.24. The highest BCUT2D eigenvalue weighted by Gasteiger charge is 2.17. The molecule has 96 valence electrons. The minimum atomic E-state index is -0.244. The van der Waals surface area contributed by atoms with Gasteiger partial charge in [-0.1, -0.05) is 29.1 Å². The van der Waals surface area contributed by atoms with Crippen molar-refractivity contribution in [3.8, 4) is 5.75 Å². The van der Waals surface area contributed by atoms with Crippen molar-refractivity contribution in [2.75, 3.05) is 7.11 Å². The van der Waals surface area contributed by atoms with Crippen molar-refractivity contribution in [3.05, 3.63) is 39.4 Å². The molecular formula is C12H14ClN3OS. The Morgan fingerprint density at radius 3 is 2.94 bits per heavy atom. The molecule has 2 rings (SSSR count). The number of aromatic nitrogens is 2. The Labute approximate surface area is 115 Å². The van der Waals surface area contributed by atoms with E-state index in [0.29, 0.717) is 10.8 Å². The van der Waals surface area contributed by atoms with E-state index in [4.69, 9.17) is 22.1 Å². The molecule has 0 saturated heterocycles. The average Bonchev–Trinajstić information content (AvgIpc) is 2.86. The summed E-state index contributed by atoms with van der Waals surface area (Å²) >= 11 is 7.33. The molecule has 2 N–H and O–H groups in total. The first kappa shape index (κ1) is 13.3. The maximum Gasteiger partial charge on any atom is 0.137 e. The molecule has 0 aliphatic rings. The number of hydrogen-bond acceptors (Lipinski definition) is 5. The largest absolute Gasteiger partial charge is 0.495 e. The minimum absolute atomic E-state index is 0.244. The standard InChI is InChI=1S/C12H14ClN3OS/c1-3-9-12(18-16-15-9)11(14)7-4-5-8(13)10(6-7)17-2/h4-6,11H,3,14H2,1-2H3. The highest BCUT2D eigenvalue weighted by molar-refractivity contribution is 7.05. The third-order valence-electron chi connectivity index (χ3n) is 2.74. The normalized spacial score (nSPS) is 12.4. The van der Waals surface area contributed by atoms with E-state index in [0.717, 1.165) is 22.6 Å². The SMILES string of the molecule is CCc1nnsc1C(N)c1ccc(Cl)c(OC)c1. The van der Waals surface area contributed by atoms with Gasteiger partial charge in [0.1, 0.15) is 5.75 Å². The van der Waals surface area contributed by atoms with E-state index in [1.54, 1.807) is 13.2 Å². The molecule has 0 spiro atoms. The van der Waals surface area contributed by atoms with Gasteiger partial charge < -0.3 is 10.5 Å². The average molecular weight is 284 g/mol. The number of aryl methyl sites for hydroxylation is 1. The lowest BCUT2D eigenvalue weighted by Crippen LogP contribution is -2.12. The van der Waals surface area contributed by atoms with Gasteiger partial charge in [0.25, 0.3) is 0 Å². The van der Waals surface area contributed by atoms with Crippen LogP contribution in [0.1, 0.15) is 29.1 Å².